The van der Waals surface area contributed by atoms with Gasteiger partial charge in [-0.2, -0.15) is 0 Å². The number of likely N-dealkylation sites (tertiary alicyclic amines) is 1. The lowest BCUT2D eigenvalue weighted by Gasteiger charge is -2.28. The Labute approximate surface area is 189 Å². The van der Waals surface area contributed by atoms with Crippen molar-refractivity contribution in [1.29, 1.82) is 0 Å². The van der Waals surface area contributed by atoms with Crippen molar-refractivity contribution in [1.82, 2.24) is 19.3 Å². The molecular weight excluding hydrogens is 412 g/mol. The normalized spacial score (nSPS) is 17.1. The summed E-state index contributed by atoms with van der Waals surface area (Å²) in [5.41, 5.74) is 0.656. The van der Waals surface area contributed by atoms with E-state index < -0.39 is 5.97 Å². The largest absolute Gasteiger partial charge is 0.492 e. The monoisotopic (exact) mass is 448 g/mol. The number of hydrogen-bond acceptors (Lipinski definition) is 7. The molecule has 2 aliphatic heterocycles. The Balaban J connectivity index is 1.77. The topological polar surface area (TPSA) is 84.3 Å². The van der Waals surface area contributed by atoms with E-state index in [-0.39, 0.29) is 17.2 Å². The van der Waals surface area contributed by atoms with E-state index in [0.717, 1.165) is 38.9 Å². The standard InChI is InChI=1S/C23H36N4O5/c1-24(2)9-7-15-32-19-16-20(28)27-14-13-26(12-8-18(27)22(19)23(30)31-3)21(29)17-25-10-5-4-6-11-25/h16H,4-15,17H2,1-3H3. The van der Waals surface area contributed by atoms with E-state index in [1.807, 2.05) is 19.0 Å². The van der Waals surface area contributed by atoms with Crippen LogP contribution in [0.3, 0.4) is 0 Å². The van der Waals surface area contributed by atoms with Crippen molar-refractivity contribution in [3.63, 3.8) is 0 Å². The molecule has 1 fully saturated rings. The molecule has 1 amide bonds. The molecule has 1 saturated heterocycles. The summed E-state index contributed by atoms with van der Waals surface area (Å²) in [7, 11) is 5.28. The second-order valence-corrected chi connectivity index (χ2v) is 8.78. The Morgan fingerprint density at radius 2 is 1.81 bits per heavy atom. The Morgan fingerprint density at radius 1 is 1.06 bits per heavy atom. The number of nitrogens with zero attached hydrogens (tertiary/aromatic N) is 4. The van der Waals surface area contributed by atoms with Gasteiger partial charge in [-0.15, -0.1) is 0 Å². The number of aromatic nitrogens is 1. The number of esters is 1. The number of amides is 1. The van der Waals surface area contributed by atoms with E-state index in [4.69, 9.17) is 9.47 Å². The summed E-state index contributed by atoms with van der Waals surface area (Å²) in [5, 5.41) is 0. The molecule has 0 aromatic carbocycles. The Morgan fingerprint density at radius 3 is 2.50 bits per heavy atom. The van der Waals surface area contributed by atoms with Gasteiger partial charge in [-0.25, -0.2) is 4.79 Å². The van der Waals surface area contributed by atoms with Gasteiger partial charge in [0.05, 0.1) is 20.3 Å². The van der Waals surface area contributed by atoms with Gasteiger partial charge in [0, 0.05) is 44.4 Å². The smallest absolute Gasteiger partial charge is 0.343 e. The molecular formula is C23H36N4O5. The molecule has 0 bridgehead atoms. The van der Waals surface area contributed by atoms with Crippen molar-refractivity contribution >= 4 is 11.9 Å². The Kier molecular flexibility index (Phi) is 8.69. The summed E-state index contributed by atoms with van der Waals surface area (Å²) in [5.74, 6) is -0.183. The summed E-state index contributed by atoms with van der Waals surface area (Å²) in [6.45, 7) is 4.82. The first-order valence-electron chi connectivity index (χ1n) is 11.5. The first-order chi connectivity index (χ1) is 15.4. The molecule has 0 saturated carbocycles. The van der Waals surface area contributed by atoms with E-state index >= 15 is 0 Å². The van der Waals surface area contributed by atoms with Crippen molar-refractivity contribution < 1.29 is 19.1 Å². The van der Waals surface area contributed by atoms with Crippen LogP contribution >= 0.6 is 0 Å². The van der Waals surface area contributed by atoms with Crippen LogP contribution in [0.25, 0.3) is 0 Å². The fourth-order valence-corrected chi connectivity index (χ4v) is 4.41. The molecule has 0 radical (unpaired) electrons. The summed E-state index contributed by atoms with van der Waals surface area (Å²) in [6.07, 6.45) is 4.66. The molecule has 32 heavy (non-hydrogen) atoms. The minimum Gasteiger partial charge on any atom is -0.492 e. The Bertz CT molecular complexity index is 861. The second kappa shape index (κ2) is 11.5. The number of rotatable bonds is 8. The molecule has 9 nitrogen and oxygen atoms in total. The van der Waals surface area contributed by atoms with Crippen LogP contribution in [-0.2, 0) is 22.5 Å². The number of fused-ring (bicyclic) bond motifs is 1. The van der Waals surface area contributed by atoms with Crippen molar-refractivity contribution in [2.45, 2.75) is 38.6 Å². The van der Waals surface area contributed by atoms with E-state index in [1.54, 1.807) is 9.47 Å². The van der Waals surface area contributed by atoms with Crippen LogP contribution in [0.1, 0.15) is 41.7 Å². The minimum absolute atomic E-state index is 0.0764. The van der Waals surface area contributed by atoms with Crippen LogP contribution in [0.5, 0.6) is 5.75 Å². The van der Waals surface area contributed by atoms with Crippen LogP contribution in [0.4, 0.5) is 0 Å². The fourth-order valence-electron chi connectivity index (χ4n) is 4.41. The summed E-state index contributed by atoms with van der Waals surface area (Å²) < 4.78 is 12.4. The number of pyridine rings is 1. The summed E-state index contributed by atoms with van der Waals surface area (Å²) in [6, 6.07) is 1.37. The Hall–Kier alpha value is -2.39. The van der Waals surface area contributed by atoms with Crippen LogP contribution < -0.4 is 10.3 Å². The number of piperidine rings is 1. The van der Waals surface area contributed by atoms with Gasteiger partial charge in [-0.05, 0) is 46.4 Å². The van der Waals surface area contributed by atoms with Gasteiger partial charge in [0.15, 0.2) is 0 Å². The first-order valence-corrected chi connectivity index (χ1v) is 11.5. The quantitative estimate of drug-likeness (QED) is 0.430. The molecule has 0 spiro atoms. The zero-order chi connectivity index (χ0) is 23.1. The van der Waals surface area contributed by atoms with Gasteiger partial charge in [-0.1, -0.05) is 6.42 Å². The van der Waals surface area contributed by atoms with Crippen LogP contribution in [0, 0.1) is 0 Å². The molecule has 0 unspecified atom stereocenters. The lowest BCUT2D eigenvalue weighted by atomic mass is 10.1. The average molecular weight is 449 g/mol. The third-order valence-electron chi connectivity index (χ3n) is 6.15. The van der Waals surface area contributed by atoms with Crippen molar-refractivity contribution in [3.8, 4) is 5.75 Å². The molecule has 9 heteroatoms. The molecule has 2 aliphatic rings. The van der Waals surface area contributed by atoms with Gasteiger partial charge in [0.2, 0.25) is 5.91 Å². The zero-order valence-corrected chi connectivity index (χ0v) is 19.6. The fraction of sp³-hybridized carbons (Fsp3) is 0.696. The molecule has 3 heterocycles. The lowest BCUT2D eigenvalue weighted by Crippen LogP contribution is -2.43. The third-order valence-corrected chi connectivity index (χ3v) is 6.15. The molecule has 1 aromatic heterocycles. The van der Waals surface area contributed by atoms with Crippen LogP contribution in [-0.4, -0.2) is 98.2 Å². The number of carbonyl (C=O) groups excluding carboxylic acids is 2. The van der Waals surface area contributed by atoms with Gasteiger partial charge >= 0.3 is 5.97 Å². The maximum atomic E-state index is 12.9. The van der Waals surface area contributed by atoms with Gasteiger partial charge < -0.3 is 23.8 Å². The highest BCUT2D eigenvalue weighted by molar-refractivity contribution is 5.93. The first kappa shape index (κ1) is 24.3. The molecule has 178 valence electrons. The molecule has 0 aliphatic carbocycles. The average Bonchev–Trinajstić information content (AvgIpc) is 3.00. The summed E-state index contributed by atoms with van der Waals surface area (Å²) in [4.78, 5) is 44.4. The third kappa shape index (κ3) is 6.10. The predicted octanol–water partition coefficient (Wildman–Crippen LogP) is 0.836. The zero-order valence-electron chi connectivity index (χ0n) is 19.6. The van der Waals surface area contributed by atoms with Crippen molar-refractivity contribution in [3.05, 3.63) is 27.7 Å². The highest BCUT2D eigenvalue weighted by Crippen LogP contribution is 2.24. The number of hydrogen-bond donors (Lipinski definition) is 0. The number of carbonyl (C=O) groups is 2. The van der Waals surface area contributed by atoms with Crippen LogP contribution in [0.2, 0.25) is 0 Å². The minimum atomic E-state index is -0.524. The predicted molar refractivity (Wildman–Crippen MR) is 121 cm³/mol. The second-order valence-electron chi connectivity index (χ2n) is 8.78. The van der Waals surface area contributed by atoms with Crippen molar-refractivity contribution in [2.24, 2.45) is 0 Å². The highest BCUT2D eigenvalue weighted by atomic mass is 16.5. The molecule has 1 aromatic rings. The number of methoxy groups -OCH3 is 1. The highest BCUT2D eigenvalue weighted by Gasteiger charge is 2.28. The van der Waals surface area contributed by atoms with E-state index in [1.165, 1.54) is 19.6 Å². The van der Waals surface area contributed by atoms with E-state index in [0.29, 0.717) is 50.5 Å². The molecule has 3 rings (SSSR count). The van der Waals surface area contributed by atoms with Gasteiger partial charge in [0.25, 0.3) is 5.56 Å². The van der Waals surface area contributed by atoms with Gasteiger partial charge in [-0.3, -0.25) is 14.5 Å². The van der Waals surface area contributed by atoms with E-state index in [2.05, 4.69) is 4.90 Å². The summed E-state index contributed by atoms with van der Waals surface area (Å²) >= 11 is 0. The lowest BCUT2D eigenvalue weighted by molar-refractivity contribution is -0.132. The SMILES string of the molecule is COC(=O)c1c(OCCCN(C)C)cc(=O)n2c1CCN(C(=O)CN1CCCCC1)CC2. The molecule has 0 atom stereocenters. The number of ether oxygens (including phenoxy) is 2. The maximum Gasteiger partial charge on any atom is 0.343 e. The maximum absolute atomic E-state index is 12.9. The van der Waals surface area contributed by atoms with Crippen molar-refractivity contribution in [2.75, 3.05) is 67.1 Å². The van der Waals surface area contributed by atoms with E-state index in [9.17, 15) is 14.4 Å². The van der Waals surface area contributed by atoms with Gasteiger partial charge in [0.1, 0.15) is 11.3 Å². The molecule has 0 N–H and O–H groups in total. The van der Waals surface area contributed by atoms with Crippen LogP contribution in [0.15, 0.2) is 10.9 Å².